The first-order chi connectivity index (χ1) is 19.1. The number of rotatable bonds is 7. The van der Waals surface area contributed by atoms with Gasteiger partial charge in [0.15, 0.2) is 5.82 Å². The van der Waals surface area contributed by atoms with Gasteiger partial charge in [0.2, 0.25) is 5.91 Å². The van der Waals surface area contributed by atoms with Gasteiger partial charge in [0, 0.05) is 30.0 Å². The maximum absolute atomic E-state index is 11.8. The lowest BCUT2D eigenvalue weighted by Crippen LogP contribution is -2.33. The quantitative estimate of drug-likeness (QED) is 0.320. The number of nitrogens with zero attached hydrogens (tertiary/aromatic N) is 5. The van der Waals surface area contributed by atoms with Gasteiger partial charge in [-0.3, -0.25) is 19.9 Å². The van der Waals surface area contributed by atoms with Crippen LogP contribution in [0.5, 0.6) is 5.75 Å². The number of hydrogen-bond acceptors (Lipinski definition) is 6. The molecular formula is C30H31N7O2. The van der Waals surface area contributed by atoms with Crippen LogP contribution in [0.2, 0.25) is 0 Å². The summed E-state index contributed by atoms with van der Waals surface area (Å²) in [6, 6.07) is 18.8. The highest BCUT2D eigenvalue weighted by Gasteiger charge is 2.28. The van der Waals surface area contributed by atoms with Crippen molar-refractivity contribution in [3.63, 3.8) is 0 Å². The first-order valence-electron chi connectivity index (χ1n) is 13.7. The molecule has 0 radical (unpaired) electrons. The average Bonchev–Trinajstić information content (AvgIpc) is 3.77. The van der Waals surface area contributed by atoms with E-state index in [9.17, 15) is 4.79 Å². The molecule has 198 valence electrons. The van der Waals surface area contributed by atoms with Gasteiger partial charge in [0.05, 0.1) is 23.8 Å². The van der Waals surface area contributed by atoms with Gasteiger partial charge in [-0.2, -0.15) is 10.2 Å². The second kappa shape index (κ2) is 9.81. The lowest BCUT2D eigenvalue weighted by Gasteiger charge is -2.20. The molecule has 0 aliphatic carbocycles. The van der Waals surface area contributed by atoms with Crippen LogP contribution in [-0.2, 0) is 11.3 Å². The number of amides is 1. The average molecular weight is 522 g/mol. The second-order valence-corrected chi connectivity index (χ2v) is 10.7. The number of nitrogens with one attached hydrogen (secondary N) is 2. The second-order valence-electron chi connectivity index (χ2n) is 10.7. The standard InChI is InChI=1S/C30H31N7O2/c1-36-23(8-11-28(36)38)18-39-24-9-6-19-14-21(5-4-20(19)15-24)29-25-16-22(7-10-26(25)32-34-29)30-31-27(33-35-30)17-37-12-2-3-13-37/h4-7,9-10,14-16,23H,2-3,8,11-13,17-18H2,1H3,(H,32,34)(H,31,33,35). The number of likely N-dealkylation sites (N-methyl/N-ethyl adjacent to an activating group) is 1. The molecule has 2 aliphatic rings. The summed E-state index contributed by atoms with van der Waals surface area (Å²) in [6.07, 6.45) is 3.96. The van der Waals surface area contributed by atoms with Crippen LogP contribution in [0.3, 0.4) is 0 Å². The molecule has 1 amide bonds. The number of benzene rings is 3. The molecule has 0 bridgehead atoms. The maximum Gasteiger partial charge on any atom is 0.222 e. The molecule has 3 aromatic carbocycles. The first-order valence-corrected chi connectivity index (χ1v) is 13.7. The van der Waals surface area contributed by atoms with Crippen molar-refractivity contribution in [3.8, 4) is 28.4 Å². The minimum Gasteiger partial charge on any atom is -0.491 e. The van der Waals surface area contributed by atoms with Crippen molar-refractivity contribution < 1.29 is 9.53 Å². The van der Waals surface area contributed by atoms with Crippen molar-refractivity contribution in [2.45, 2.75) is 38.3 Å². The Labute approximate surface area is 226 Å². The van der Waals surface area contributed by atoms with E-state index >= 15 is 0 Å². The molecule has 2 N–H and O–H groups in total. The third-order valence-corrected chi connectivity index (χ3v) is 8.08. The van der Waals surface area contributed by atoms with Gasteiger partial charge >= 0.3 is 0 Å². The van der Waals surface area contributed by atoms with E-state index in [2.05, 4.69) is 61.7 Å². The fourth-order valence-electron chi connectivity index (χ4n) is 5.73. The monoisotopic (exact) mass is 521 g/mol. The summed E-state index contributed by atoms with van der Waals surface area (Å²) in [5.41, 5.74) is 3.87. The summed E-state index contributed by atoms with van der Waals surface area (Å²) in [6.45, 7) is 3.58. The van der Waals surface area contributed by atoms with Gasteiger partial charge in [-0.1, -0.05) is 18.2 Å². The Hall–Kier alpha value is -4.24. The predicted octanol–water partition coefficient (Wildman–Crippen LogP) is 4.76. The molecule has 2 aromatic heterocycles. The van der Waals surface area contributed by atoms with E-state index in [-0.39, 0.29) is 11.9 Å². The highest BCUT2D eigenvalue weighted by molar-refractivity contribution is 5.98. The molecule has 2 aliphatic heterocycles. The summed E-state index contributed by atoms with van der Waals surface area (Å²) in [4.78, 5) is 20.8. The molecule has 9 nitrogen and oxygen atoms in total. The van der Waals surface area contributed by atoms with Crippen molar-refractivity contribution in [3.05, 3.63) is 60.4 Å². The number of fused-ring (bicyclic) bond motifs is 2. The zero-order chi connectivity index (χ0) is 26.3. The Morgan fingerprint density at radius 3 is 2.62 bits per heavy atom. The summed E-state index contributed by atoms with van der Waals surface area (Å²) < 4.78 is 6.04. The Morgan fingerprint density at radius 2 is 1.77 bits per heavy atom. The molecule has 39 heavy (non-hydrogen) atoms. The minimum absolute atomic E-state index is 0.141. The van der Waals surface area contributed by atoms with E-state index in [1.807, 2.05) is 25.2 Å². The topological polar surface area (TPSA) is 103 Å². The summed E-state index contributed by atoms with van der Waals surface area (Å²) in [7, 11) is 1.85. The van der Waals surface area contributed by atoms with Crippen LogP contribution < -0.4 is 4.74 Å². The molecule has 9 heteroatoms. The predicted molar refractivity (Wildman–Crippen MR) is 150 cm³/mol. The van der Waals surface area contributed by atoms with Crippen molar-refractivity contribution in [2.75, 3.05) is 26.7 Å². The number of likely N-dealkylation sites (tertiary alicyclic amines) is 2. The van der Waals surface area contributed by atoms with Crippen LogP contribution in [0, 0.1) is 0 Å². The lowest BCUT2D eigenvalue weighted by atomic mass is 10.0. The molecule has 5 aromatic rings. The number of ether oxygens (including phenoxy) is 1. The van der Waals surface area contributed by atoms with Gasteiger partial charge < -0.3 is 9.64 Å². The highest BCUT2D eigenvalue weighted by atomic mass is 16.5. The lowest BCUT2D eigenvalue weighted by molar-refractivity contribution is -0.127. The van der Waals surface area contributed by atoms with E-state index in [0.29, 0.717) is 18.9 Å². The molecule has 2 fully saturated rings. The number of hydrogen-bond donors (Lipinski definition) is 2. The Kier molecular flexibility index (Phi) is 6.00. The van der Waals surface area contributed by atoms with Gasteiger partial charge in [0.1, 0.15) is 18.2 Å². The molecule has 7 rings (SSSR count). The van der Waals surface area contributed by atoms with E-state index in [1.54, 1.807) is 4.90 Å². The van der Waals surface area contributed by atoms with E-state index < -0.39 is 0 Å². The SMILES string of the molecule is CN1C(=O)CCC1COc1ccc2cc(-c3n[nH]c4ccc(-c5n[nH]c(CN6CCCC6)n5)cc34)ccc2c1. The van der Waals surface area contributed by atoms with Gasteiger partial charge in [-0.05, 0) is 79.5 Å². The Morgan fingerprint density at radius 1 is 0.949 bits per heavy atom. The van der Waals surface area contributed by atoms with Crippen molar-refractivity contribution in [2.24, 2.45) is 0 Å². The largest absolute Gasteiger partial charge is 0.491 e. The van der Waals surface area contributed by atoms with Gasteiger partial charge in [-0.25, -0.2) is 4.98 Å². The molecule has 1 atom stereocenters. The van der Waals surface area contributed by atoms with Crippen LogP contribution in [0.15, 0.2) is 54.6 Å². The van der Waals surface area contributed by atoms with Crippen LogP contribution >= 0.6 is 0 Å². The molecule has 2 saturated heterocycles. The van der Waals surface area contributed by atoms with Crippen LogP contribution in [0.4, 0.5) is 0 Å². The molecule has 0 spiro atoms. The molecule has 4 heterocycles. The number of carbonyl (C=O) groups is 1. The van der Waals surface area contributed by atoms with Crippen molar-refractivity contribution in [1.29, 1.82) is 0 Å². The Balaban J connectivity index is 1.12. The summed E-state index contributed by atoms with van der Waals surface area (Å²) >= 11 is 0. The molecule has 1 unspecified atom stereocenters. The van der Waals surface area contributed by atoms with E-state index in [1.165, 1.54) is 12.8 Å². The fraction of sp³-hybridized carbons (Fsp3) is 0.333. The summed E-state index contributed by atoms with van der Waals surface area (Å²) in [5, 5.41) is 18.7. The molecular weight excluding hydrogens is 490 g/mol. The zero-order valence-electron chi connectivity index (χ0n) is 22.0. The fourth-order valence-corrected chi connectivity index (χ4v) is 5.73. The molecule has 0 saturated carbocycles. The number of H-pyrrole nitrogens is 2. The van der Waals surface area contributed by atoms with Crippen LogP contribution in [0.25, 0.3) is 44.3 Å². The normalized spacial score (nSPS) is 18.1. The van der Waals surface area contributed by atoms with Crippen LogP contribution in [-0.4, -0.2) is 73.9 Å². The first kappa shape index (κ1) is 23.8. The number of aromatic amines is 2. The zero-order valence-corrected chi connectivity index (χ0v) is 22.0. The Bertz CT molecular complexity index is 1670. The third-order valence-electron chi connectivity index (χ3n) is 8.08. The number of carbonyl (C=O) groups excluding carboxylic acids is 1. The van der Waals surface area contributed by atoms with Gasteiger partial charge in [0.25, 0.3) is 0 Å². The highest BCUT2D eigenvalue weighted by Crippen LogP contribution is 2.32. The minimum atomic E-state index is 0.141. The van der Waals surface area contributed by atoms with Crippen molar-refractivity contribution >= 4 is 27.6 Å². The third kappa shape index (κ3) is 4.63. The maximum atomic E-state index is 11.8. The van der Waals surface area contributed by atoms with Crippen molar-refractivity contribution in [1.82, 2.24) is 35.2 Å². The van der Waals surface area contributed by atoms with Crippen LogP contribution in [0.1, 0.15) is 31.5 Å². The van der Waals surface area contributed by atoms with Gasteiger partial charge in [-0.15, -0.1) is 0 Å². The smallest absolute Gasteiger partial charge is 0.222 e. The van der Waals surface area contributed by atoms with E-state index in [4.69, 9.17) is 9.72 Å². The number of aromatic nitrogens is 5. The van der Waals surface area contributed by atoms with E-state index in [0.717, 1.165) is 76.1 Å². The summed E-state index contributed by atoms with van der Waals surface area (Å²) in [5.74, 6) is 2.61.